The molecule has 2 aromatic heterocycles. The molecule has 1 fully saturated rings. The molecule has 66 heavy (non-hydrogen) atoms. The van der Waals surface area contributed by atoms with Crippen LogP contribution in [-0.4, -0.2) is 76.8 Å². The number of benzene rings is 3. The number of nitriles is 1. The molecule has 0 aliphatic carbocycles. The van der Waals surface area contributed by atoms with E-state index in [9.17, 15) is 14.9 Å². The first kappa shape index (κ1) is 49.9. The molecular weight excluding hydrogens is 856 g/mol. The van der Waals surface area contributed by atoms with Crippen LogP contribution in [0.15, 0.2) is 89.9 Å². The molecule has 1 saturated heterocycles. The van der Waals surface area contributed by atoms with E-state index in [1.165, 1.54) is 0 Å². The Hall–Kier alpha value is -5.57. The van der Waals surface area contributed by atoms with E-state index in [2.05, 4.69) is 67.5 Å². The molecule has 0 radical (unpaired) electrons. The fourth-order valence-corrected chi connectivity index (χ4v) is 9.80. The molecule has 350 valence electrons. The molecular formula is C51H63N6O8P. The Morgan fingerprint density at radius 2 is 1.58 bits per heavy atom. The number of hydrogen-bond acceptors (Lipinski definition) is 11. The molecule has 0 saturated carbocycles. The molecule has 1 aliphatic heterocycles. The molecule has 1 amide bonds. The smallest absolute Gasteiger partial charge is 0.263 e. The lowest BCUT2D eigenvalue weighted by Crippen LogP contribution is -2.39. The molecule has 0 bridgehead atoms. The van der Waals surface area contributed by atoms with Crippen LogP contribution in [0.1, 0.15) is 109 Å². The van der Waals surface area contributed by atoms with Crippen molar-refractivity contribution in [3.05, 3.63) is 118 Å². The molecule has 1 unspecified atom stereocenters. The van der Waals surface area contributed by atoms with E-state index in [4.69, 9.17) is 33.0 Å². The lowest BCUT2D eigenvalue weighted by Gasteiger charge is -2.39. The summed E-state index contributed by atoms with van der Waals surface area (Å²) in [6.07, 6.45) is 2.80. The monoisotopic (exact) mass is 918 g/mol. The average molecular weight is 919 g/mol. The van der Waals surface area contributed by atoms with Gasteiger partial charge < -0.3 is 32.6 Å². The molecule has 2 N–H and O–H groups in total. The highest BCUT2D eigenvalue weighted by molar-refractivity contribution is 7.44. The summed E-state index contributed by atoms with van der Waals surface area (Å²) in [5.74, 6) is 7.23. The minimum Gasteiger partial charge on any atom is -0.497 e. The highest BCUT2D eigenvalue weighted by atomic mass is 31.2. The number of hydrogen-bond donors (Lipinski definition) is 2. The molecule has 6 rings (SSSR count). The maximum absolute atomic E-state index is 13.9. The number of nitrogens with one attached hydrogen (secondary N) is 2. The number of methoxy groups -OCH3 is 2. The number of carbonyl (C=O) groups is 1. The summed E-state index contributed by atoms with van der Waals surface area (Å²) in [6.45, 7) is 14.2. The lowest BCUT2D eigenvalue weighted by molar-refractivity contribution is -0.118. The Kier molecular flexibility index (Phi) is 17.6. The van der Waals surface area contributed by atoms with Gasteiger partial charge in [-0.2, -0.15) is 10.2 Å². The molecule has 14 nitrogen and oxygen atoms in total. The van der Waals surface area contributed by atoms with Crippen LogP contribution in [0.3, 0.4) is 0 Å². The third-order valence-electron chi connectivity index (χ3n) is 11.3. The topological polar surface area (TPSA) is 162 Å². The average Bonchev–Trinajstić information content (AvgIpc) is 3.89. The normalized spacial score (nSPS) is 16.7. The fraction of sp³-hybridized carbons (Fsp3) is 0.451. The van der Waals surface area contributed by atoms with E-state index in [0.29, 0.717) is 35.6 Å². The quantitative estimate of drug-likeness (QED) is 0.0312. The van der Waals surface area contributed by atoms with E-state index in [1.807, 2.05) is 83.4 Å². The first-order chi connectivity index (χ1) is 31.8. The van der Waals surface area contributed by atoms with Gasteiger partial charge in [-0.3, -0.25) is 19.9 Å². The number of H-pyrrole nitrogens is 1. The van der Waals surface area contributed by atoms with Gasteiger partial charge in [0.1, 0.15) is 29.4 Å². The van der Waals surface area contributed by atoms with Crippen molar-refractivity contribution in [2.75, 3.05) is 32.8 Å². The van der Waals surface area contributed by atoms with Crippen molar-refractivity contribution in [3.8, 4) is 29.4 Å². The van der Waals surface area contributed by atoms with Gasteiger partial charge >= 0.3 is 0 Å². The number of aromatic amines is 1. The Morgan fingerprint density at radius 1 is 0.955 bits per heavy atom. The highest BCUT2D eigenvalue weighted by Gasteiger charge is 2.45. The number of ether oxygens (including phenoxy) is 4. The maximum atomic E-state index is 13.9. The van der Waals surface area contributed by atoms with Crippen molar-refractivity contribution in [2.45, 2.75) is 117 Å². The van der Waals surface area contributed by atoms with Crippen LogP contribution in [0.25, 0.3) is 11.0 Å². The lowest BCUT2D eigenvalue weighted by atomic mass is 9.80. The second kappa shape index (κ2) is 23.2. The van der Waals surface area contributed by atoms with Crippen molar-refractivity contribution >= 4 is 31.4 Å². The van der Waals surface area contributed by atoms with Gasteiger partial charge in [0.25, 0.3) is 14.1 Å². The zero-order valence-corrected chi connectivity index (χ0v) is 40.4. The van der Waals surface area contributed by atoms with Gasteiger partial charge in [-0.1, -0.05) is 93.6 Å². The van der Waals surface area contributed by atoms with E-state index in [-0.39, 0.29) is 54.9 Å². The van der Waals surface area contributed by atoms with Crippen molar-refractivity contribution in [2.24, 2.45) is 5.92 Å². The fourth-order valence-electron chi connectivity index (χ4n) is 8.04. The van der Waals surface area contributed by atoms with Gasteiger partial charge in [0, 0.05) is 37.0 Å². The van der Waals surface area contributed by atoms with E-state index >= 15 is 0 Å². The minimum atomic E-state index is -1.72. The molecule has 5 aromatic rings. The van der Waals surface area contributed by atoms with Crippen molar-refractivity contribution in [1.29, 1.82) is 5.26 Å². The van der Waals surface area contributed by atoms with E-state index in [0.717, 1.165) is 29.5 Å². The van der Waals surface area contributed by atoms with Gasteiger partial charge in [0.2, 0.25) is 11.9 Å². The first-order valence-corrected chi connectivity index (χ1v) is 23.8. The van der Waals surface area contributed by atoms with Crippen LogP contribution in [0.4, 0.5) is 5.95 Å². The van der Waals surface area contributed by atoms with Crippen molar-refractivity contribution < 1.29 is 32.8 Å². The van der Waals surface area contributed by atoms with Crippen LogP contribution >= 0.6 is 8.53 Å². The van der Waals surface area contributed by atoms with Crippen molar-refractivity contribution in [3.63, 3.8) is 0 Å². The first-order valence-electron chi connectivity index (χ1n) is 22.7. The summed E-state index contributed by atoms with van der Waals surface area (Å²) in [6, 6.07) is 28.0. The van der Waals surface area contributed by atoms with Gasteiger partial charge in [-0.15, -0.1) is 0 Å². The van der Waals surface area contributed by atoms with Crippen LogP contribution in [0.5, 0.6) is 11.5 Å². The van der Waals surface area contributed by atoms with E-state index < -0.39 is 38.1 Å². The highest BCUT2D eigenvalue weighted by Crippen LogP contribution is 2.51. The predicted molar refractivity (Wildman–Crippen MR) is 257 cm³/mol. The summed E-state index contributed by atoms with van der Waals surface area (Å²) in [7, 11) is 1.55. The number of carbonyl (C=O) groups excluding carboxylic acids is 1. The summed E-state index contributed by atoms with van der Waals surface area (Å²) in [4.78, 5) is 34.4. The van der Waals surface area contributed by atoms with Crippen LogP contribution in [0, 0.1) is 29.1 Å². The number of nitrogens with zero attached hydrogens (tertiary/aromatic N) is 4. The molecule has 3 heterocycles. The molecule has 0 spiro atoms. The van der Waals surface area contributed by atoms with Crippen LogP contribution < -0.4 is 20.3 Å². The van der Waals surface area contributed by atoms with Crippen LogP contribution in [-0.2, 0) is 28.9 Å². The molecule has 3 aromatic carbocycles. The van der Waals surface area contributed by atoms with E-state index in [1.54, 1.807) is 34.3 Å². The number of fused-ring (bicyclic) bond motifs is 1. The Balaban J connectivity index is 1.50. The van der Waals surface area contributed by atoms with Crippen molar-refractivity contribution in [1.82, 2.24) is 19.2 Å². The minimum absolute atomic E-state index is 0.0206. The standard InChI is InChI=1S/C51H63N6O8P/c1-10-11-12-14-18-37-32-56(47-46(37)49(59)55-50(53-47)54-48(58)34(2)3)45-31-43(65-66(63-30-17-29-52)57(35(4)5)36(6)7)44(64-45)33-62-51(38-19-15-13-16-20-38,39-21-25-41(60-8)26-22-39)40-23-27-42(61-9)28-24-40/h13,15-16,19-28,32,34-36,43-45H,10-12,17,30-31,33H2,1-9H3,(H2,53,54,55,58,59)/t43-,44+,45+,66?/m0/s1. The summed E-state index contributed by atoms with van der Waals surface area (Å²) in [5, 5.41) is 12.6. The summed E-state index contributed by atoms with van der Waals surface area (Å²) >= 11 is 0. The van der Waals surface area contributed by atoms with Gasteiger partial charge in [-0.05, 0) is 75.1 Å². The second-order valence-corrected chi connectivity index (χ2v) is 18.4. The third kappa shape index (κ3) is 11.5. The Labute approximate surface area is 389 Å². The maximum Gasteiger partial charge on any atom is 0.263 e. The van der Waals surface area contributed by atoms with Crippen LogP contribution in [0.2, 0.25) is 0 Å². The number of aromatic nitrogens is 3. The summed E-state index contributed by atoms with van der Waals surface area (Å²) in [5.41, 5.74) is 1.77. The largest absolute Gasteiger partial charge is 0.497 e. The zero-order valence-electron chi connectivity index (χ0n) is 39.5. The zero-order chi connectivity index (χ0) is 47.4. The van der Waals surface area contributed by atoms with Gasteiger partial charge in [0.15, 0.2) is 5.65 Å². The molecule has 1 aliphatic rings. The Bertz CT molecular complexity index is 2470. The SMILES string of the molecule is CCCCC#Cc1cn([C@H]2C[C@H](OP(OCCC#N)N(C(C)C)C(C)C)[C@@H](COC(c3ccccc3)(c3ccc(OC)cc3)c3ccc(OC)cc3)O2)c2nc(NC(=O)C(C)C)[nH]c(=O)c12. The third-order valence-corrected chi connectivity index (χ3v) is 13.5. The predicted octanol–water partition coefficient (Wildman–Crippen LogP) is 9.84. The number of unbranched alkanes of at least 4 members (excludes halogenated alkanes) is 2. The molecule has 4 atom stereocenters. The molecule has 15 heteroatoms. The van der Waals surface area contributed by atoms with Gasteiger partial charge in [-0.25, -0.2) is 4.67 Å². The number of amides is 1. The Morgan fingerprint density at radius 3 is 2.14 bits per heavy atom. The number of rotatable bonds is 21. The second-order valence-electron chi connectivity index (χ2n) is 17.0. The number of anilines is 1. The van der Waals surface area contributed by atoms with Gasteiger partial charge in [0.05, 0.1) is 57.0 Å². The summed E-state index contributed by atoms with van der Waals surface area (Å²) < 4.78 is 43.2.